The van der Waals surface area contributed by atoms with Crippen LogP contribution in [-0.2, 0) is 23.0 Å². The number of aryl methyl sites for hydroxylation is 2. The molecule has 0 aliphatic carbocycles. The van der Waals surface area contributed by atoms with Gasteiger partial charge in [0, 0.05) is 0 Å². The second kappa shape index (κ2) is 18.3. The quantitative estimate of drug-likeness (QED) is 0.181. The minimum Gasteiger partial charge on any atom is -0.748 e. The molecule has 6 heteroatoms. The van der Waals surface area contributed by atoms with Crippen molar-refractivity contribution in [1.82, 2.24) is 0 Å². The zero-order valence-corrected chi connectivity index (χ0v) is 24.1. The summed E-state index contributed by atoms with van der Waals surface area (Å²) in [5.41, 5.74) is 2.34. The predicted octanol–water partition coefficient (Wildman–Crippen LogP) is 4.20. The molecule has 0 heterocycles. The van der Waals surface area contributed by atoms with E-state index in [1.165, 1.54) is 76.7 Å². The molecule has 2 unspecified atom stereocenters. The standard InChI is InChI=1S/C26H46O4S.Na/c1-5-7-9-11-13-15-17-24-19-20-25(18-16-14-12-10-8-6-2)26(21-24)30-22(3)23(4)31(27,28)29;/h19-23H,5-18H2,1-4H3,(H,27,28,29);/q;+1/p-1. The van der Waals surface area contributed by atoms with Crippen LogP contribution in [0.3, 0.4) is 0 Å². The van der Waals surface area contributed by atoms with Crippen molar-refractivity contribution in [3.8, 4) is 5.75 Å². The van der Waals surface area contributed by atoms with Crippen LogP contribution in [0.4, 0.5) is 0 Å². The van der Waals surface area contributed by atoms with E-state index in [0.29, 0.717) is 0 Å². The Morgan fingerprint density at radius 2 is 1.31 bits per heavy atom. The number of benzene rings is 1. The van der Waals surface area contributed by atoms with Crippen LogP contribution in [0.25, 0.3) is 0 Å². The third-order valence-electron chi connectivity index (χ3n) is 6.18. The molecule has 1 aromatic rings. The van der Waals surface area contributed by atoms with Crippen molar-refractivity contribution in [2.24, 2.45) is 0 Å². The molecule has 0 saturated carbocycles. The van der Waals surface area contributed by atoms with E-state index >= 15 is 0 Å². The van der Waals surface area contributed by atoms with Gasteiger partial charge < -0.3 is 9.29 Å². The summed E-state index contributed by atoms with van der Waals surface area (Å²) in [4.78, 5) is 0. The van der Waals surface area contributed by atoms with Crippen molar-refractivity contribution in [2.45, 2.75) is 129 Å². The summed E-state index contributed by atoms with van der Waals surface area (Å²) in [7, 11) is -4.38. The molecule has 0 radical (unpaired) electrons. The van der Waals surface area contributed by atoms with E-state index in [0.717, 1.165) is 37.0 Å². The molecule has 2 atom stereocenters. The zero-order chi connectivity index (χ0) is 23.1. The van der Waals surface area contributed by atoms with E-state index < -0.39 is 21.5 Å². The first-order valence-corrected chi connectivity index (χ1v) is 14.0. The SMILES string of the molecule is CCCCCCCCc1ccc(CCCCCCCC)c(OC(C)C(C)S(=O)(=O)[O-])c1.[Na+]. The van der Waals surface area contributed by atoms with E-state index in [9.17, 15) is 13.0 Å². The smallest absolute Gasteiger partial charge is 0.748 e. The molecular formula is C26H45NaO4S. The summed E-state index contributed by atoms with van der Waals surface area (Å²) >= 11 is 0. The van der Waals surface area contributed by atoms with Gasteiger partial charge in [-0.1, -0.05) is 90.2 Å². The van der Waals surface area contributed by atoms with Gasteiger partial charge in [0.05, 0.1) is 5.25 Å². The summed E-state index contributed by atoms with van der Waals surface area (Å²) < 4.78 is 40.3. The number of rotatable bonds is 18. The molecule has 0 fully saturated rings. The van der Waals surface area contributed by atoms with Crippen LogP contribution in [-0.4, -0.2) is 24.3 Å². The van der Waals surface area contributed by atoms with Gasteiger partial charge in [-0.2, -0.15) is 0 Å². The van der Waals surface area contributed by atoms with E-state index in [1.807, 2.05) is 0 Å². The maximum Gasteiger partial charge on any atom is 1.00 e. The molecule has 180 valence electrons. The fourth-order valence-electron chi connectivity index (χ4n) is 3.81. The fraction of sp³-hybridized carbons (Fsp3) is 0.769. The Kier molecular flexibility index (Phi) is 18.2. The Hall–Kier alpha value is -0.0700. The van der Waals surface area contributed by atoms with Gasteiger partial charge in [-0.15, -0.1) is 0 Å². The molecule has 0 aliphatic rings. The monoisotopic (exact) mass is 476 g/mol. The Labute approximate surface area is 220 Å². The molecule has 0 saturated heterocycles. The third kappa shape index (κ3) is 13.6. The van der Waals surface area contributed by atoms with Crippen LogP contribution in [0.2, 0.25) is 0 Å². The first-order valence-electron chi connectivity index (χ1n) is 12.5. The van der Waals surface area contributed by atoms with E-state index in [4.69, 9.17) is 4.74 Å². The molecule has 0 aliphatic heterocycles. The Balaban J connectivity index is 0.00000961. The number of unbranched alkanes of at least 4 members (excludes halogenated alkanes) is 10. The van der Waals surface area contributed by atoms with Crippen molar-refractivity contribution in [3.63, 3.8) is 0 Å². The minimum absolute atomic E-state index is 0. The van der Waals surface area contributed by atoms with Crippen molar-refractivity contribution < 1.29 is 47.3 Å². The van der Waals surface area contributed by atoms with Gasteiger partial charge in [-0.25, -0.2) is 8.42 Å². The van der Waals surface area contributed by atoms with Gasteiger partial charge in [-0.05, 0) is 56.7 Å². The normalized spacial score (nSPS) is 13.4. The fourth-order valence-corrected chi connectivity index (χ4v) is 4.33. The van der Waals surface area contributed by atoms with Crippen LogP contribution in [0, 0.1) is 0 Å². The van der Waals surface area contributed by atoms with Gasteiger partial charge in [-0.3, -0.25) is 0 Å². The summed E-state index contributed by atoms with van der Waals surface area (Å²) in [5, 5.41) is -1.07. The summed E-state index contributed by atoms with van der Waals surface area (Å²) in [6.45, 7) is 7.56. The average Bonchev–Trinajstić information content (AvgIpc) is 2.73. The topological polar surface area (TPSA) is 66.4 Å². The first kappa shape index (κ1) is 31.9. The molecule has 0 spiro atoms. The second-order valence-electron chi connectivity index (χ2n) is 9.00. The molecule has 0 N–H and O–H groups in total. The summed E-state index contributed by atoms with van der Waals surface area (Å²) in [6.07, 6.45) is 16.2. The Morgan fingerprint density at radius 3 is 1.84 bits per heavy atom. The first-order chi connectivity index (χ1) is 14.8. The predicted molar refractivity (Wildman–Crippen MR) is 130 cm³/mol. The maximum atomic E-state index is 11.4. The summed E-state index contributed by atoms with van der Waals surface area (Å²) in [6, 6.07) is 6.39. The van der Waals surface area contributed by atoms with E-state index in [-0.39, 0.29) is 29.6 Å². The van der Waals surface area contributed by atoms with Crippen LogP contribution in [0.15, 0.2) is 18.2 Å². The molecule has 0 aromatic heterocycles. The largest absolute Gasteiger partial charge is 1.00 e. The molecule has 0 amide bonds. The van der Waals surface area contributed by atoms with Crippen molar-refractivity contribution in [1.29, 1.82) is 0 Å². The van der Waals surface area contributed by atoms with Crippen molar-refractivity contribution >= 4 is 10.1 Å². The van der Waals surface area contributed by atoms with Crippen LogP contribution >= 0.6 is 0 Å². The third-order valence-corrected chi connectivity index (χ3v) is 7.47. The average molecular weight is 477 g/mol. The molecule has 0 bridgehead atoms. The van der Waals surface area contributed by atoms with E-state index in [1.54, 1.807) is 6.92 Å². The zero-order valence-electron chi connectivity index (χ0n) is 21.3. The molecule has 1 rings (SSSR count). The van der Waals surface area contributed by atoms with Gasteiger partial charge >= 0.3 is 29.6 Å². The Bertz CT molecular complexity index is 706. The maximum absolute atomic E-state index is 11.4. The number of hydrogen-bond donors (Lipinski definition) is 0. The molecule has 4 nitrogen and oxygen atoms in total. The Morgan fingerprint density at radius 1 is 0.812 bits per heavy atom. The molecule has 32 heavy (non-hydrogen) atoms. The van der Waals surface area contributed by atoms with Gasteiger partial charge in [0.1, 0.15) is 22.0 Å². The van der Waals surface area contributed by atoms with Gasteiger partial charge in [0.2, 0.25) is 0 Å². The van der Waals surface area contributed by atoms with E-state index in [2.05, 4.69) is 32.0 Å². The van der Waals surface area contributed by atoms with Crippen molar-refractivity contribution in [3.05, 3.63) is 29.3 Å². The van der Waals surface area contributed by atoms with Crippen LogP contribution < -0.4 is 34.3 Å². The summed E-state index contributed by atoms with van der Waals surface area (Å²) in [5.74, 6) is 0.750. The molecular weight excluding hydrogens is 431 g/mol. The number of ether oxygens (including phenoxy) is 1. The van der Waals surface area contributed by atoms with Crippen molar-refractivity contribution in [2.75, 3.05) is 0 Å². The van der Waals surface area contributed by atoms with Crippen LogP contribution in [0.1, 0.15) is 116 Å². The minimum atomic E-state index is -4.38. The van der Waals surface area contributed by atoms with Crippen LogP contribution in [0.5, 0.6) is 5.75 Å². The number of hydrogen-bond acceptors (Lipinski definition) is 4. The second-order valence-corrected chi connectivity index (χ2v) is 10.7. The van der Waals surface area contributed by atoms with Gasteiger partial charge in [0.25, 0.3) is 0 Å². The van der Waals surface area contributed by atoms with Gasteiger partial charge in [0.15, 0.2) is 0 Å². The molecule has 1 aromatic carbocycles.